The van der Waals surface area contributed by atoms with Crippen LogP contribution in [0.25, 0.3) is 6.08 Å². The number of nitrogens with zero attached hydrogens (tertiary/aromatic N) is 1. The second kappa shape index (κ2) is 10.2. The number of hydrogen-bond donors (Lipinski definition) is 2. The van der Waals surface area contributed by atoms with Crippen LogP contribution in [-0.4, -0.2) is 35.1 Å². The van der Waals surface area contributed by atoms with Crippen molar-refractivity contribution in [2.75, 3.05) is 12.0 Å². The summed E-state index contributed by atoms with van der Waals surface area (Å²) in [4.78, 5) is 38.2. The van der Waals surface area contributed by atoms with E-state index in [1.54, 1.807) is 60.7 Å². The number of hydrogen-bond acceptors (Lipinski definition) is 6. The molecule has 176 valence electrons. The van der Waals surface area contributed by atoms with E-state index in [1.807, 2.05) is 0 Å². The van der Waals surface area contributed by atoms with Gasteiger partial charge >= 0.3 is 5.97 Å². The van der Waals surface area contributed by atoms with E-state index in [-0.39, 0.29) is 22.9 Å². The van der Waals surface area contributed by atoms with Gasteiger partial charge in [0.15, 0.2) is 5.11 Å². The van der Waals surface area contributed by atoms with Gasteiger partial charge in [-0.2, -0.15) is 0 Å². The molecular formula is C26H20N2O6S. The van der Waals surface area contributed by atoms with Gasteiger partial charge in [-0.25, -0.2) is 4.79 Å². The second-order valence-corrected chi connectivity index (χ2v) is 7.87. The average molecular weight is 489 g/mol. The Labute approximate surface area is 206 Å². The van der Waals surface area contributed by atoms with E-state index in [1.165, 1.54) is 30.2 Å². The molecule has 1 saturated heterocycles. The molecule has 0 aliphatic carbocycles. The lowest BCUT2D eigenvalue weighted by molar-refractivity contribution is -0.122. The minimum absolute atomic E-state index is 0.0170. The van der Waals surface area contributed by atoms with Gasteiger partial charge in [-0.1, -0.05) is 30.3 Å². The number of para-hydroxylation sites is 1. The third-order valence-electron chi connectivity index (χ3n) is 5.25. The SMILES string of the molecule is COc1ccc(N2C(=O)/C(=C/c3ccccc3OCc3ccc(C(=O)O)cc3)C(=O)NC2=S)cc1. The van der Waals surface area contributed by atoms with E-state index in [9.17, 15) is 14.4 Å². The van der Waals surface area contributed by atoms with E-state index in [4.69, 9.17) is 26.8 Å². The van der Waals surface area contributed by atoms with Crippen molar-refractivity contribution in [2.45, 2.75) is 6.61 Å². The van der Waals surface area contributed by atoms with Crippen LogP contribution in [0.5, 0.6) is 11.5 Å². The maximum absolute atomic E-state index is 13.3. The molecule has 2 amide bonds. The molecule has 9 heteroatoms. The summed E-state index contributed by atoms with van der Waals surface area (Å²) in [5.41, 5.74) is 1.85. The number of carbonyl (C=O) groups is 3. The van der Waals surface area contributed by atoms with Gasteiger partial charge in [0.2, 0.25) is 0 Å². The van der Waals surface area contributed by atoms with E-state index < -0.39 is 17.8 Å². The normalized spacial score (nSPS) is 14.6. The molecule has 2 N–H and O–H groups in total. The second-order valence-electron chi connectivity index (χ2n) is 7.48. The summed E-state index contributed by atoms with van der Waals surface area (Å²) in [6, 6.07) is 20.0. The molecule has 0 aromatic heterocycles. The molecular weight excluding hydrogens is 468 g/mol. The van der Waals surface area contributed by atoms with Gasteiger partial charge in [0.1, 0.15) is 23.7 Å². The lowest BCUT2D eigenvalue weighted by Gasteiger charge is -2.29. The number of carboxylic acids is 1. The van der Waals surface area contributed by atoms with Gasteiger partial charge in [0.05, 0.1) is 18.4 Å². The van der Waals surface area contributed by atoms with Crippen LogP contribution in [0.3, 0.4) is 0 Å². The third kappa shape index (κ3) is 5.20. The predicted molar refractivity (Wildman–Crippen MR) is 133 cm³/mol. The number of rotatable bonds is 7. The molecule has 0 spiro atoms. The Morgan fingerprint density at radius 3 is 2.37 bits per heavy atom. The summed E-state index contributed by atoms with van der Waals surface area (Å²) in [7, 11) is 1.54. The first-order chi connectivity index (χ1) is 16.9. The first kappa shape index (κ1) is 23.7. The first-order valence-electron chi connectivity index (χ1n) is 10.5. The fourth-order valence-corrected chi connectivity index (χ4v) is 3.70. The summed E-state index contributed by atoms with van der Waals surface area (Å²) < 4.78 is 11.1. The number of carbonyl (C=O) groups excluding carboxylic acids is 2. The largest absolute Gasteiger partial charge is 0.497 e. The van der Waals surface area contributed by atoms with E-state index in [0.29, 0.717) is 22.7 Å². The summed E-state index contributed by atoms with van der Waals surface area (Å²) >= 11 is 5.24. The van der Waals surface area contributed by atoms with E-state index in [0.717, 1.165) is 5.56 Å². The summed E-state index contributed by atoms with van der Waals surface area (Å²) in [6.07, 6.45) is 1.46. The molecule has 1 fully saturated rings. The molecule has 1 heterocycles. The molecule has 0 unspecified atom stereocenters. The van der Waals surface area contributed by atoms with Crippen LogP contribution < -0.4 is 19.7 Å². The van der Waals surface area contributed by atoms with Crippen LogP contribution in [0.2, 0.25) is 0 Å². The maximum Gasteiger partial charge on any atom is 0.335 e. The van der Waals surface area contributed by atoms with Gasteiger partial charge < -0.3 is 14.6 Å². The predicted octanol–water partition coefficient (Wildman–Crippen LogP) is 3.80. The van der Waals surface area contributed by atoms with Gasteiger partial charge in [-0.15, -0.1) is 0 Å². The lowest BCUT2D eigenvalue weighted by atomic mass is 10.1. The zero-order valence-corrected chi connectivity index (χ0v) is 19.4. The highest BCUT2D eigenvalue weighted by Gasteiger charge is 2.34. The molecule has 3 aromatic rings. The summed E-state index contributed by atoms with van der Waals surface area (Å²) in [5, 5.41) is 11.6. The Kier molecular flexibility index (Phi) is 6.88. The summed E-state index contributed by atoms with van der Waals surface area (Å²) in [6.45, 7) is 0.169. The molecule has 8 nitrogen and oxygen atoms in total. The van der Waals surface area contributed by atoms with Crippen molar-refractivity contribution in [1.29, 1.82) is 0 Å². The molecule has 1 aliphatic heterocycles. The Morgan fingerprint density at radius 2 is 1.71 bits per heavy atom. The third-order valence-corrected chi connectivity index (χ3v) is 5.53. The molecule has 0 atom stereocenters. The molecule has 1 aliphatic rings. The van der Waals surface area contributed by atoms with Crippen molar-refractivity contribution in [3.8, 4) is 11.5 Å². The topological polar surface area (TPSA) is 105 Å². The van der Waals surface area contributed by atoms with Crippen LogP contribution in [0, 0.1) is 0 Å². The summed E-state index contributed by atoms with van der Waals surface area (Å²) in [5.74, 6) is -1.11. The Hall–Kier alpha value is -4.50. The zero-order chi connectivity index (χ0) is 24.9. The van der Waals surface area contributed by atoms with Crippen molar-refractivity contribution < 1.29 is 29.0 Å². The van der Waals surface area contributed by atoms with Crippen molar-refractivity contribution in [3.05, 3.63) is 95.1 Å². The van der Waals surface area contributed by atoms with Crippen molar-refractivity contribution >= 4 is 46.9 Å². The zero-order valence-electron chi connectivity index (χ0n) is 18.6. The standard InChI is InChI=1S/C26H20N2O6S/c1-33-20-12-10-19(11-13-20)28-24(30)21(23(29)27-26(28)35)14-18-4-2-3-5-22(18)34-15-16-6-8-17(9-7-16)25(31)32/h2-14H,15H2,1H3,(H,31,32)(H,27,29,35)/b21-14+. The number of methoxy groups -OCH3 is 1. The molecule has 0 bridgehead atoms. The minimum atomic E-state index is -1.01. The lowest BCUT2D eigenvalue weighted by Crippen LogP contribution is -2.54. The van der Waals surface area contributed by atoms with Gasteiger partial charge in [0, 0.05) is 5.56 Å². The fourth-order valence-electron chi connectivity index (χ4n) is 3.41. The number of carboxylic acid groups (broad SMARTS) is 1. The van der Waals surface area contributed by atoms with Crippen LogP contribution >= 0.6 is 12.2 Å². The number of ether oxygens (including phenoxy) is 2. The van der Waals surface area contributed by atoms with Crippen LogP contribution in [0.15, 0.2) is 78.4 Å². The molecule has 0 saturated carbocycles. The highest BCUT2D eigenvalue weighted by atomic mass is 32.1. The highest BCUT2D eigenvalue weighted by Crippen LogP contribution is 2.27. The van der Waals surface area contributed by atoms with Gasteiger partial charge in [-0.05, 0) is 66.3 Å². The maximum atomic E-state index is 13.3. The average Bonchev–Trinajstić information content (AvgIpc) is 2.86. The number of nitrogens with one attached hydrogen (secondary N) is 1. The molecule has 35 heavy (non-hydrogen) atoms. The van der Waals surface area contributed by atoms with Crippen molar-refractivity contribution in [1.82, 2.24) is 5.32 Å². The highest BCUT2D eigenvalue weighted by molar-refractivity contribution is 7.80. The van der Waals surface area contributed by atoms with Crippen LogP contribution in [0.1, 0.15) is 21.5 Å². The monoisotopic (exact) mass is 488 g/mol. The van der Waals surface area contributed by atoms with Crippen LogP contribution in [-0.2, 0) is 16.2 Å². The first-order valence-corrected chi connectivity index (χ1v) is 10.9. The minimum Gasteiger partial charge on any atom is -0.497 e. The van der Waals surface area contributed by atoms with Crippen LogP contribution in [0.4, 0.5) is 5.69 Å². The van der Waals surface area contributed by atoms with E-state index >= 15 is 0 Å². The number of benzene rings is 3. The quantitative estimate of drug-likeness (QED) is 0.296. The number of amides is 2. The number of thiocarbonyl (C=S) groups is 1. The Morgan fingerprint density at radius 1 is 1.03 bits per heavy atom. The van der Waals surface area contributed by atoms with E-state index in [2.05, 4.69) is 5.32 Å². The van der Waals surface area contributed by atoms with Crippen molar-refractivity contribution in [3.63, 3.8) is 0 Å². The molecule has 0 radical (unpaired) electrons. The molecule has 3 aromatic carbocycles. The fraction of sp³-hybridized carbons (Fsp3) is 0.0769. The Balaban J connectivity index is 1.59. The number of anilines is 1. The van der Waals surface area contributed by atoms with Gasteiger partial charge in [0.25, 0.3) is 11.8 Å². The van der Waals surface area contributed by atoms with Gasteiger partial charge in [-0.3, -0.25) is 19.8 Å². The number of aromatic carboxylic acids is 1. The smallest absolute Gasteiger partial charge is 0.335 e. The molecule has 4 rings (SSSR count). The van der Waals surface area contributed by atoms with Crippen molar-refractivity contribution in [2.24, 2.45) is 0 Å². The Bertz CT molecular complexity index is 1330.